The topological polar surface area (TPSA) is 172 Å². The zero-order chi connectivity index (χ0) is 37.8. The monoisotopic (exact) mass is 768 g/mol. The molecule has 15 nitrogen and oxygen atoms in total. The van der Waals surface area contributed by atoms with Gasteiger partial charge in [0.05, 0.1) is 16.8 Å². The van der Waals surface area contributed by atoms with Gasteiger partial charge in [-0.05, 0) is 36.9 Å². The minimum atomic E-state index is -1.15. The summed E-state index contributed by atoms with van der Waals surface area (Å²) in [5, 5.41) is 5.10. The third-order valence-corrected chi connectivity index (χ3v) is 8.80. The Bertz CT molecular complexity index is 1660. The molecule has 2 aliphatic heterocycles. The van der Waals surface area contributed by atoms with Crippen molar-refractivity contribution >= 4 is 63.9 Å². The predicted molar refractivity (Wildman–Crippen MR) is 197 cm³/mol. The highest BCUT2D eigenvalue weighted by Gasteiger charge is 2.49. The van der Waals surface area contributed by atoms with Gasteiger partial charge < -0.3 is 33.7 Å². The Morgan fingerprint density at radius 1 is 0.981 bits per heavy atom. The van der Waals surface area contributed by atoms with Crippen LogP contribution in [-0.2, 0) is 51.8 Å². The SMILES string of the molecule is CC(=O)OC[C@H]1O[C@@H](ONC(=O)c2cnc(N3CCC(CNCc4cn(C)c5ccccc45)CC3)nc2)[C@H](C)[C@@H](OC(C)=O)[C@H]1OC(C)=O.ClCCl.[HH].[HH]. The van der Waals surface area contributed by atoms with Crippen LogP contribution >= 0.6 is 23.2 Å². The number of para-hydroxylation sites is 1. The third-order valence-electron chi connectivity index (χ3n) is 8.80. The van der Waals surface area contributed by atoms with E-state index in [1.165, 1.54) is 49.6 Å². The van der Waals surface area contributed by atoms with Gasteiger partial charge in [0.1, 0.15) is 18.8 Å². The Morgan fingerprint density at radius 2 is 1.62 bits per heavy atom. The van der Waals surface area contributed by atoms with Crippen molar-refractivity contribution in [3.05, 3.63) is 54.0 Å². The number of rotatable bonds is 12. The van der Waals surface area contributed by atoms with E-state index >= 15 is 0 Å². The van der Waals surface area contributed by atoms with E-state index in [4.69, 9.17) is 47.0 Å². The minimum absolute atomic E-state index is 0. The van der Waals surface area contributed by atoms with E-state index in [9.17, 15) is 19.2 Å². The van der Waals surface area contributed by atoms with Crippen molar-refractivity contribution in [3.8, 4) is 0 Å². The fourth-order valence-corrected chi connectivity index (χ4v) is 6.30. The number of halogens is 2. The Morgan fingerprint density at radius 3 is 2.25 bits per heavy atom. The molecule has 5 atom stereocenters. The molecule has 4 heterocycles. The van der Waals surface area contributed by atoms with Crippen molar-refractivity contribution in [2.45, 2.75) is 71.7 Å². The summed E-state index contributed by atoms with van der Waals surface area (Å²) < 4.78 is 24.0. The minimum Gasteiger partial charge on any atom is -0.463 e. The number of alkyl halides is 2. The van der Waals surface area contributed by atoms with Gasteiger partial charge in [-0.15, -0.1) is 23.2 Å². The number of esters is 3. The second-order valence-electron chi connectivity index (χ2n) is 12.6. The second-order valence-corrected chi connectivity index (χ2v) is 13.4. The van der Waals surface area contributed by atoms with Crippen molar-refractivity contribution in [2.24, 2.45) is 18.9 Å². The van der Waals surface area contributed by atoms with Crippen LogP contribution in [0.4, 0.5) is 5.95 Å². The summed E-state index contributed by atoms with van der Waals surface area (Å²) in [4.78, 5) is 64.7. The number of hydrogen-bond acceptors (Lipinski definition) is 13. The van der Waals surface area contributed by atoms with Crippen LogP contribution in [0.25, 0.3) is 10.9 Å². The molecule has 52 heavy (non-hydrogen) atoms. The van der Waals surface area contributed by atoms with Crippen LogP contribution in [0, 0.1) is 11.8 Å². The first-order valence-corrected chi connectivity index (χ1v) is 18.0. The van der Waals surface area contributed by atoms with Crippen molar-refractivity contribution in [3.63, 3.8) is 0 Å². The lowest BCUT2D eigenvalue weighted by atomic mass is 9.92. The van der Waals surface area contributed by atoms with Crippen molar-refractivity contribution < 1.29 is 45.8 Å². The Balaban J connectivity index is 0.00000195. The molecule has 2 saturated heterocycles. The van der Waals surface area contributed by atoms with Crippen LogP contribution in [0.2, 0.25) is 0 Å². The number of aromatic nitrogens is 3. The quantitative estimate of drug-likeness (QED) is 0.116. The summed E-state index contributed by atoms with van der Waals surface area (Å²) in [6.07, 6.45) is 2.74. The molecule has 17 heteroatoms. The fourth-order valence-electron chi connectivity index (χ4n) is 6.30. The molecule has 1 aromatic carbocycles. The largest absolute Gasteiger partial charge is 0.463 e. The Labute approximate surface area is 315 Å². The van der Waals surface area contributed by atoms with Gasteiger partial charge in [-0.25, -0.2) is 20.3 Å². The number of carbonyl (C=O) groups is 4. The van der Waals surface area contributed by atoms with Crippen molar-refractivity contribution in [1.29, 1.82) is 0 Å². The van der Waals surface area contributed by atoms with Gasteiger partial charge in [-0.1, -0.05) is 25.1 Å². The van der Waals surface area contributed by atoms with Crippen LogP contribution in [0.15, 0.2) is 42.9 Å². The first kappa shape index (κ1) is 40.7. The lowest BCUT2D eigenvalue weighted by molar-refractivity contribution is -0.298. The summed E-state index contributed by atoms with van der Waals surface area (Å²) >= 11 is 9.53. The molecule has 0 bridgehead atoms. The van der Waals surface area contributed by atoms with E-state index in [1.807, 2.05) is 0 Å². The molecule has 2 aromatic heterocycles. The zero-order valence-electron chi connectivity index (χ0n) is 29.9. The lowest BCUT2D eigenvalue weighted by Crippen LogP contribution is -2.59. The lowest BCUT2D eigenvalue weighted by Gasteiger charge is -2.43. The molecule has 1 amide bonds. The van der Waals surface area contributed by atoms with E-state index in [-0.39, 0.29) is 20.4 Å². The van der Waals surface area contributed by atoms with Gasteiger partial charge in [0.25, 0.3) is 5.91 Å². The van der Waals surface area contributed by atoms with E-state index in [2.05, 4.69) is 67.7 Å². The molecule has 2 N–H and O–H groups in total. The smallest absolute Gasteiger partial charge is 0.303 e. The van der Waals surface area contributed by atoms with Gasteiger partial charge in [-0.3, -0.25) is 19.2 Å². The first-order chi connectivity index (χ1) is 24.9. The van der Waals surface area contributed by atoms with E-state index < -0.39 is 54.3 Å². The van der Waals surface area contributed by atoms with Crippen molar-refractivity contribution in [2.75, 3.05) is 36.5 Å². The number of aryl methyl sites for hydroxylation is 1. The highest BCUT2D eigenvalue weighted by atomic mass is 35.5. The maximum absolute atomic E-state index is 12.9. The average molecular weight is 770 g/mol. The number of benzene rings is 1. The zero-order valence-corrected chi connectivity index (χ0v) is 31.4. The molecule has 0 aliphatic carbocycles. The molecule has 0 saturated carbocycles. The third kappa shape index (κ3) is 11.2. The Hall–Kier alpha value is -4.02. The molecule has 2 aliphatic rings. The molecular weight excluding hydrogens is 719 g/mol. The molecule has 5 rings (SSSR count). The maximum Gasteiger partial charge on any atom is 0.303 e. The van der Waals surface area contributed by atoms with Gasteiger partial charge >= 0.3 is 17.9 Å². The summed E-state index contributed by atoms with van der Waals surface area (Å²) in [5.74, 6) is -2.10. The van der Waals surface area contributed by atoms with Crippen LogP contribution in [-0.4, -0.2) is 94.5 Å². The number of carbonyl (C=O) groups excluding carboxylic acids is 4. The number of fused-ring (bicyclic) bond motifs is 1. The maximum atomic E-state index is 12.9. The van der Waals surface area contributed by atoms with Gasteiger partial charge in [0, 0.05) is 79.8 Å². The first-order valence-electron chi connectivity index (χ1n) is 16.9. The fraction of sp³-hybridized carbons (Fsp3) is 0.543. The number of nitrogens with one attached hydrogen (secondary N) is 2. The van der Waals surface area contributed by atoms with Crippen LogP contribution < -0.4 is 15.7 Å². The molecule has 0 spiro atoms. The van der Waals surface area contributed by atoms with Gasteiger partial charge in [-0.2, -0.15) is 0 Å². The Kier molecular flexibility index (Phi) is 15.4. The number of piperidine rings is 1. The number of hydroxylamine groups is 1. The molecule has 0 unspecified atom stereocenters. The number of ether oxygens (including phenoxy) is 4. The number of nitrogens with zero attached hydrogens (tertiary/aromatic N) is 4. The highest BCUT2D eigenvalue weighted by molar-refractivity contribution is 6.40. The van der Waals surface area contributed by atoms with Gasteiger partial charge in [0.15, 0.2) is 12.4 Å². The van der Waals surface area contributed by atoms with E-state index in [1.54, 1.807) is 6.92 Å². The predicted octanol–water partition coefficient (Wildman–Crippen LogP) is 4.34. The normalized spacial score (nSPS) is 21.8. The summed E-state index contributed by atoms with van der Waals surface area (Å²) in [5.41, 5.74) is 5.02. The summed E-state index contributed by atoms with van der Waals surface area (Å²) in [6, 6.07) is 8.42. The molecule has 0 radical (unpaired) electrons. The second kappa shape index (κ2) is 19.7. The van der Waals surface area contributed by atoms with Crippen LogP contribution in [0.5, 0.6) is 0 Å². The average Bonchev–Trinajstić information content (AvgIpc) is 3.44. The molecular formula is C35H50Cl2N6O9. The molecule has 288 valence electrons. The highest BCUT2D eigenvalue weighted by Crippen LogP contribution is 2.31. The summed E-state index contributed by atoms with van der Waals surface area (Å²) in [6.45, 7) is 8.32. The number of anilines is 1. The molecule has 3 aromatic rings. The number of hydrogen-bond donors (Lipinski definition) is 2. The summed E-state index contributed by atoms with van der Waals surface area (Å²) in [7, 11) is 2.07. The van der Waals surface area contributed by atoms with E-state index in [0.29, 0.717) is 11.9 Å². The van der Waals surface area contributed by atoms with Gasteiger partial charge in [0.2, 0.25) is 5.95 Å². The standard InChI is InChI=1S/C34H44N6O9.CH2Cl2.2H2/c1-20-30(46-22(3)42)31(47-23(4)43)29(19-45-21(2)41)48-33(20)49-38-32(44)25-16-36-34(37-17-25)40-12-10-24(11-13-40)14-35-15-26-18-39(5)28-9-7-6-8-27(26)28;2-1-3;;/h6-9,16-18,20,24,29-31,33,35H,10-15,19H2,1-5H3,(H,38,44);1H2;2*1H/t20-,29-,30-,31+,33+;;;/m1.../s1. The van der Waals surface area contributed by atoms with Crippen LogP contribution in [0.3, 0.4) is 0 Å². The van der Waals surface area contributed by atoms with Crippen molar-refractivity contribution in [1.82, 2.24) is 25.3 Å². The van der Waals surface area contributed by atoms with Crippen LogP contribution in [0.1, 0.15) is 59.3 Å². The number of amides is 1. The molecule has 2 fully saturated rings. The van der Waals surface area contributed by atoms with E-state index in [0.717, 1.165) is 39.0 Å².